The van der Waals surface area contributed by atoms with Crippen molar-refractivity contribution in [2.24, 2.45) is 46.4 Å². The third-order valence-corrected chi connectivity index (χ3v) is 14.0. The molecule has 2 aromatic heterocycles. The number of methoxy groups -OCH3 is 1. The number of amidine groups is 1. The summed E-state index contributed by atoms with van der Waals surface area (Å²) in [7, 11) is 5.22. The first-order valence-electron chi connectivity index (χ1n) is 20.8. The van der Waals surface area contributed by atoms with Crippen LogP contribution in [0.15, 0.2) is 29.6 Å². The number of carbonyl (C=O) groups excluding carboxylic acids is 3. The molecule has 3 fully saturated rings. The highest BCUT2D eigenvalue weighted by Crippen LogP contribution is 2.48. The Balaban J connectivity index is 1.50. The maximum Gasteiger partial charge on any atom is 0.317 e. The molecule has 0 aliphatic carbocycles. The van der Waals surface area contributed by atoms with Crippen LogP contribution in [0.4, 0.5) is 0 Å². The number of hydrogen-bond donors (Lipinski definition) is 3. The van der Waals surface area contributed by atoms with Crippen molar-refractivity contribution in [3.8, 4) is 10.7 Å². The quantitative estimate of drug-likeness (QED) is 0.133. The molecule has 17 nitrogen and oxygen atoms in total. The molecule has 0 saturated carbocycles. The molecule has 5 heterocycles. The molecule has 5 rings (SSSR count). The molecule has 3 aliphatic heterocycles. The topological polar surface area (TPSA) is 227 Å². The summed E-state index contributed by atoms with van der Waals surface area (Å²) in [5.41, 5.74) is 4.44. The average Bonchev–Trinajstić information content (AvgIpc) is 3.83. The molecule has 3 saturated heterocycles. The molecule has 0 radical (unpaired) electrons. The van der Waals surface area contributed by atoms with Gasteiger partial charge in [-0.3, -0.25) is 19.4 Å². The summed E-state index contributed by atoms with van der Waals surface area (Å²) in [6.07, 6.45) is -4.04. The average molecular weight is 861 g/mol. The molecule has 16 atom stereocenters. The number of nitrogens with two attached hydrogens (primary N) is 1. The number of carbonyl (C=O) groups is 3. The summed E-state index contributed by atoms with van der Waals surface area (Å²) < 4.78 is 31.3. The Morgan fingerprint density at radius 1 is 1.07 bits per heavy atom. The number of pyridine rings is 1. The molecule has 2 unspecified atom stereocenters. The monoisotopic (exact) mass is 860 g/mol. The van der Waals surface area contributed by atoms with Gasteiger partial charge in [0.25, 0.3) is 0 Å². The SMILES string of the molecule is CC[C@@H]1OC(=O)[C@H](C)C(O)[C@H](C)[C@@H](OC2O[C@H](C)C[C@H](N(C)C)[C@H]2O)[C@](C)(OC)C[C@@H](C)C(=O)[C@H](C)[C@H]2[C@@H](/C(N)=N/O[C@@H](C)c3nnc(-c4ccccn4)s3)C(=O)O[C@@]21C. The van der Waals surface area contributed by atoms with Gasteiger partial charge in [-0.1, -0.05) is 50.3 Å². The number of nitrogens with zero attached hydrogens (tertiary/aromatic N) is 5. The van der Waals surface area contributed by atoms with Gasteiger partial charge < -0.3 is 49.4 Å². The van der Waals surface area contributed by atoms with Gasteiger partial charge in [-0.15, -0.1) is 10.2 Å². The zero-order valence-electron chi connectivity index (χ0n) is 36.8. The molecule has 334 valence electrons. The van der Waals surface area contributed by atoms with Gasteiger partial charge in [0.1, 0.15) is 29.6 Å². The van der Waals surface area contributed by atoms with E-state index < -0.39 is 95.5 Å². The van der Waals surface area contributed by atoms with E-state index in [1.54, 1.807) is 67.7 Å². The van der Waals surface area contributed by atoms with Crippen molar-refractivity contribution >= 4 is 34.9 Å². The van der Waals surface area contributed by atoms with E-state index in [0.717, 1.165) is 0 Å². The largest absolute Gasteiger partial charge is 0.458 e. The van der Waals surface area contributed by atoms with Gasteiger partial charge in [-0.25, -0.2) is 0 Å². The lowest BCUT2D eigenvalue weighted by Gasteiger charge is -2.48. The smallest absolute Gasteiger partial charge is 0.317 e. The molecule has 0 spiro atoms. The number of aromatic nitrogens is 3. The second-order valence-electron chi connectivity index (χ2n) is 17.4. The van der Waals surface area contributed by atoms with Gasteiger partial charge in [-0.05, 0) is 80.1 Å². The van der Waals surface area contributed by atoms with E-state index >= 15 is 0 Å². The number of ketones is 1. The summed E-state index contributed by atoms with van der Waals surface area (Å²) in [5.74, 6) is -7.74. The van der Waals surface area contributed by atoms with Crippen molar-refractivity contribution in [1.82, 2.24) is 20.1 Å². The third-order valence-electron chi connectivity index (χ3n) is 12.9. The number of fused-ring (bicyclic) bond motifs is 1. The summed E-state index contributed by atoms with van der Waals surface area (Å²) in [4.78, 5) is 54.9. The van der Waals surface area contributed by atoms with Crippen molar-refractivity contribution in [3.63, 3.8) is 0 Å². The third kappa shape index (κ3) is 9.54. The Kier molecular flexibility index (Phi) is 15.1. The van der Waals surface area contributed by atoms with Gasteiger partial charge in [0.2, 0.25) is 0 Å². The zero-order valence-corrected chi connectivity index (χ0v) is 37.6. The second-order valence-corrected chi connectivity index (χ2v) is 18.5. The summed E-state index contributed by atoms with van der Waals surface area (Å²) in [6, 6.07) is 5.17. The molecule has 3 aliphatic rings. The van der Waals surface area contributed by atoms with Crippen molar-refractivity contribution in [3.05, 3.63) is 29.4 Å². The Bertz CT molecular complexity index is 1840. The number of rotatable bonds is 10. The fourth-order valence-corrected chi connectivity index (χ4v) is 10.1. The zero-order chi connectivity index (χ0) is 44.4. The van der Waals surface area contributed by atoms with E-state index in [9.17, 15) is 24.6 Å². The van der Waals surface area contributed by atoms with Crippen LogP contribution in [-0.2, 0) is 42.9 Å². The number of oxime groups is 1. The first kappa shape index (κ1) is 47.4. The van der Waals surface area contributed by atoms with E-state index in [4.69, 9.17) is 34.3 Å². The van der Waals surface area contributed by atoms with Gasteiger partial charge in [0, 0.05) is 43.0 Å². The Morgan fingerprint density at radius 3 is 2.38 bits per heavy atom. The van der Waals surface area contributed by atoms with Crippen LogP contribution >= 0.6 is 11.3 Å². The molecular weight excluding hydrogens is 797 g/mol. The van der Waals surface area contributed by atoms with Crippen molar-refractivity contribution in [2.75, 3.05) is 21.2 Å². The fraction of sp³-hybridized carbons (Fsp3) is 0.738. The first-order chi connectivity index (χ1) is 28.2. The predicted molar refractivity (Wildman–Crippen MR) is 221 cm³/mol. The molecular formula is C42H64N6O11S. The van der Waals surface area contributed by atoms with Crippen LogP contribution in [0.2, 0.25) is 0 Å². The number of hydrogen-bond acceptors (Lipinski definition) is 17. The van der Waals surface area contributed by atoms with E-state index in [0.29, 0.717) is 22.1 Å². The van der Waals surface area contributed by atoms with Crippen molar-refractivity contribution < 1.29 is 53.1 Å². The Labute approximate surface area is 356 Å². The minimum absolute atomic E-state index is 0.0926. The molecule has 0 amide bonds. The number of aliphatic hydroxyl groups excluding tert-OH is 2. The normalized spacial score (nSPS) is 39.1. The number of esters is 2. The highest BCUT2D eigenvalue weighted by Gasteiger charge is 2.62. The lowest BCUT2D eigenvalue weighted by Crippen LogP contribution is -2.60. The van der Waals surface area contributed by atoms with Crippen LogP contribution in [0.1, 0.15) is 92.7 Å². The van der Waals surface area contributed by atoms with Crippen LogP contribution in [0, 0.1) is 35.5 Å². The lowest BCUT2D eigenvalue weighted by molar-refractivity contribution is -0.301. The van der Waals surface area contributed by atoms with Crippen LogP contribution in [0.25, 0.3) is 10.7 Å². The summed E-state index contributed by atoms with van der Waals surface area (Å²) in [6.45, 7) is 15.5. The van der Waals surface area contributed by atoms with Gasteiger partial charge >= 0.3 is 11.9 Å². The van der Waals surface area contributed by atoms with Gasteiger partial charge in [0.05, 0.1) is 29.8 Å². The van der Waals surface area contributed by atoms with Crippen LogP contribution in [0.5, 0.6) is 0 Å². The molecule has 60 heavy (non-hydrogen) atoms. The molecule has 18 heteroatoms. The molecule has 0 bridgehead atoms. The molecule has 0 aromatic carbocycles. The fourth-order valence-electron chi connectivity index (χ4n) is 9.33. The minimum Gasteiger partial charge on any atom is -0.458 e. The highest BCUT2D eigenvalue weighted by molar-refractivity contribution is 7.14. The first-order valence-corrected chi connectivity index (χ1v) is 21.6. The summed E-state index contributed by atoms with van der Waals surface area (Å²) >= 11 is 1.27. The van der Waals surface area contributed by atoms with Gasteiger partial charge in [0.15, 0.2) is 33.8 Å². The number of likely N-dealkylation sites (N-methyl/N-ethyl adjacent to an activating group) is 1. The number of Topliss-reactive ketones (excluding diaryl/α,β-unsaturated/α-hetero) is 1. The van der Waals surface area contributed by atoms with E-state index in [-0.39, 0.29) is 36.6 Å². The van der Waals surface area contributed by atoms with Crippen molar-refractivity contribution in [2.45, 2.75) is 142 Å². The van der Waals surface area contributed by atoms with Crippen molar-refractivity contribution in [1.29, 1.82) is 0 Å². The summed E-state index contributed by atoms with van der Waals surface area (Å²) in [5, 5.41) is 37.1. The molecule has 2 aromatic rings. The predicted octanol–water partition coefficient (Wildman–Crippen LogP) is 3.91. The standard InChI is InChI=1S/C42H64N6O11S/c1-13-28-42(9)30(29(39(53)58-42)35(43)47-59-25(7)36-45-46-37(60-36)26-16-14-15-17-44-26)22(4)31(49)20(2)19-41(8,54-12)34(23(5)32(50)24(6)38(52)56-28)57-40-33(51)27(48(10)11)18-21(3)55-40/h14-17,20-25,27-30,32-34,40,50-51H,13,18-19H2,1-12H3,(H2,43,47)/t20-,21-,22-,23+,24-,25+,27+,28+,29+,30+,32?,33-,34-,40?,41-,42-/m1/s1. The van der Waals surface area contributed by atoms with E-state index in [2.05, 4.69) is 20.3 Å². The molecule has 4 N–H and O–H groups in total. The number of aliphatic hydroxyl groups is 2. The van der Waals surface area contributed by atoms with E-state index in [1.165, 1.54) is 18.4 Å². The lowest BCUT2D eigenvalue weighted by atomic mass is 9.67. The minimum atomic E-state index is -1.55. The van der Waals surface area contributed by atoms with Crippen LogP contribution in [-0.4, -0.2) is 129 Å². The Morgan fingerprint density at radius 2 is 1.77 bits per heavy atom. The Hall–Kier alpha value is -3.65. The highest BCUT2D eigenvalue weighted by atomic mass is 32.1. The van der Waals surface area contributed by atoms with Crippen LogP contribution in [0.3, 0.4) is 0 Å². The number of cyclic esters (lactones) is 1. The number of ether oxygens (including phenoxy) is 5. The van der Waals surface area contributed by atoms with Gasteiger partial charge in [-0.2, -0.15) is 0 Å². The second kappa shape index (κ2) is 19.2. The van der Waals surface area contributed by atoms with Crippen LogP contribution < -0.4 is 5.73 Å². The van der Waals surface area contributed by atoms with E-state index in [1.807, 2.05) is 38.1 Å². The maximum atomic E-state index is 14.8. The maximum absolute atomic E-state index is 14.8.